The summed E-state index contributed by atoms with van der Waals surface area (Å²) in [6.45, 7) is 4.94. The Kier molecular flexibility index (Phi) is 5.98. The molecular formula is C13H19BrN2O2. The van der Waals surface area contributed by atoms with E-state index in [1.54, 1.807) is 0 Å². The predicted molar refractivity (Wildman–Crippen MR) is 77.6 cm³/mol. The number of esters is 1. The van der Waals surface area contributed by atoms with E-state index < -0.39 is 0 Å². The van der Waals surface area contributed by atoms with E-state index in [1.165, 1.54) is 0 Å². The first kappa shape index (κ1) is 14.8. The van der Waals surface area contributed by atoms with Gasteiger partial charge in [-0.1, -0.05) is 0 Å². The molecule has 0 amide bonds. The lowest BCUT2D eigenvalue weighted by Crippen LogP contribution is -2.08. The van der Waals surface area contributed by atoms with Gasteiger partial charge in [0.15, 0.2) is 0 Å². The van der Waals surface area contributed by atoms with Gasteiger partial charge in [0.25, 0.3) is 0 Å². The highest BCUT2D eigenvalue weighted by Gasteiger charge is 2.04. The highest BCUT2D eigenvalue weighted by Crippen LogP contribution is 2.27. The molecule has 0 aliphatic carbocycles. The van der Waals surface area contributed by atoms with E-state index in [0.717, 1.165) is 34.4 Å². The Balaban J connectivity index is 2.40. The largest absolute Gasteiger partial charge is 0.466 e. The Bertz CT molecular complexity index is 422. The Hall–Kier alpha value is -1.23. The van der Waals surface area contributed by atoms with Crippen molar-refractivity contribution in [3.05, 3.63) is 22.2 Å². The van der Waals surface area contributed by atoms with Gasteiger partial charge < -0.3 is 15.8 Å². The van der Waals surface area contributed by atoms with E-state index >= 15 is 0 Å². The van der Waals surface area contributed by atoms with Crippen LogP contribution in [0.5, 0.6) is 0 Å². The van der Waals surface area contributed by atoms with Crippen molar-refractivity contribution in [2.24, 2.45) is 0 Å². The maximum absolute atomic E-state index is 11.1. The third-order valence-corrected chi connectivity index (χ3v) is 3.19. The van der Waals surface area contributed by atoms with Crippen LogP contribution in [0.3, 0.4) is 0 Å². The molecule has 1 aromatic carbocycles. The van der Waals surface area contributed by atoms with Crippen molar-refractivity contribution in [2.75, 3.05) is 24.2 Å². The first-order chi connectivity index (χ1) is 8.54. The lowest BCUT2D eigenvalue weighted by molar-refractivity contribution is -0.143. The average molecular weight is 315 g/mol. The summed E-state index contributed by atoms with van der Waals surface area (Å²) in [6, 6.07) is 3.87. The molecule has 0 unspecified atom stereocenters. The van der Waals surface area contributed by atoms with E-state index in [9.17, 15) is 4.79 Å². The molecule has 0 radical (unpaired) electrons. The molecule has 0 heterocycles. The summed E-state index contributed by atoms with van der Waals surface area (Å²) in [6.07, 6.45) is 1.18. The van der Waals surface area contributed by atoms with Crippen LogP contribution in [0.2, 0.25) is 0 Å². The van der Waals surface area contributed by atoms with Crippen molar-refractivity contribution in [3.63, 3.8) is 0 Å². The van der Waals surface area contributed by atoms with Crippen LogP contribution in [-0.2, 0) is 9.53 Å². The van der Waals surface area contributed by atoms with Gasteiger partial charge in [0.1, 0.15) is 0 Å². The SMILES string of the molecule is CCOC(=O)CCCNc1cc(C)c(N)cc1Br. The van der Waals surface area contributed by atoms with Crippen molar-refractivity contribution in [2.45, 2.75) is 26.7 Å². The van der Waals surface area contributed by atoms with Gasteiger partial charge in [0.2, 0.25) is 0 Å². The van der Waals surface area contributed by atoms with Gasteiger partial charge in [-0.05, 0) is 53.9 Å². The number of benzene rings is 1. The minimum Gasteiger partial charge on any atom is -0.466 e. The number of carbonyl (C=O) groups is 1. The highest BCUT2D eigenvalue weighted by atomic mass is 79.9. The summed E-state index contributed by atoms with van der Waals surface area (Å²) in [5.41, 5.74) is 8.59. The Labute approximate surface area is 116 Å². The number of nitrogen functional groups attached to an aromatic ring is 1. The second kappa shape index (κ2) is 7.26. The van der Waals surface area contributed by atoms with E-state index in [4.69, 9.17) is 10.5 Å². The van der Waals surface area contributed by atoms with Crippen LogP contribution in [0.15, 0.2) is 16.6 Å². The second-order valence-electron chi connectivity index (χ2n) is 4.02. The molecular weight excluding hydrogens is 296 g/mol. The number of nitrogens with two attached hydrogens (primary N) is 1. The molecule has 1 rings (SSSR count). The van der Waals surface area contributed by atoms with Crippen LogP contribution < -0.4 is 11.1 Å². The molecule has 0 saturated heterocycles. The number of rotatable bonds is 6. The first-order valence-corrected chi connectivity index (χ1v) is 6.79. The topological polar surface area (TPSA) is 64.3 Å². The number of halogens is 1. The van der Waals surface area contributed by atoms with Gasteiger partial charge in [-0.2, -0.15) is 0 Å². The fraction of sp³-hybridized carbons (Fsp3) is 0.462. The molecule has 5 heteroatoms. The Morgan fingerprint density at radius 3 is 2.89 bits per heavy atom. The smallest absolute Gasteiger partial charge is 0.305 e. The molecule has 100 valence electrons. The minimum absolute atomic E-state index is 0.146. The highest BCUT2D eigenvalue weighted by molar-refractivity contribution is 9.10. The van der Waals surface area contributed by atoms with E-state index in [-0.39, 0.29) is 5.97 Å². The zero-order chi connectivity index (χ0) is 13.5. The van der Waals surface area contributed by atoms with Crippen molar-refractivity contribution in [1.29, 1.82) is 0 Å². The maximum Gasteiger partial charge on any atom is 0.305 e. The number of ether oxygens (including phenoxy) is 1. The molecule has 0 fully saturated rings. The normalized spacial score (nSPS) is 10.2. The van der Waals surface area contributed by atoms with Crippen LogP contribution in [-0.4, -0.2) is 19.1 Å². The monoisotopic (exact) mass is 314 g/mol. The summed E-state index contributed by atoms with van der Waals surface area (Å²) in [4.78, 5) is 11.1. The zero-order valence-electron chi connectivity index (χ0n) is 10.8. The van der Waals surface area contributed by atoms with Crippen molar-refractivity contribution < 1.29 is 9.53 Å². The molecule has 0 spiro atoms. The van der Waals surface area contributed by atoms with Gasteiger partial charge in [-0.15, -0.1) is 0 Å². The molecule has 0 bridgehead atoms. The van der Waals surface area contributed by atoms with Gasteiger partial charge in [0, 0.05) is 28.8 Å². The van der Waals surface area contributed by atoms with Crippen LogP contribution in [0.25, 0.3) is 0 Å². The molecule has 0 saturated carbocycles. The van der Waals surface area contributed by atoms with E-state index in [1.807, 2.05) is 26.0 Å². The quantitative estimate of drug-likeness (QED) is 0.481. The van der Waals surface area contributed by atoms with Crippen molar-refractivity contribution in [1.82, 2.24) is 0 Å². The van der Waals surface area contributed by atoms with Crippen LogP contribution in [0.4, 0.5) is 11.4 Å². The summed E-state index contributed by atoms with van der Waals surface area (Å²) in [7, 11) is 0. The average Bonchev–Trinajstić information content (AvgIpc) is 2.31. The van der Waals surface area contributed by atoms with Crippen molar-refractivity contribution >= 4 is 33.3 Å². The number of nitrogens with one attached hydrogen (secondary N) is 1. The van der Waals surface area contributed by atoms with Crippen molar-refractivity contribution in [3.8, 4) is 0 Å². The van der Waals surface area contributed by atoms with E-state index in [2.05, 4.69) is 21.2 Å². The van der Waals surface area contributed by atoms with Crippen LogP contribution in [0.1, 0.15) is 25.3 Å². The number of hydrogen-bond acceptors (Lipinski definition) is 4. The summed E-state index contributed by atoms with van der Waals surface area (Å²) < 4.78 is 5.79. The predicted octanol–water partition coefficient (Wildman–Crippen LogP) is 3.09. The molecule has 1 aromatic rings. The molecule has 0 aliphatic heterocycles. The minimum atomic E-state index is -0.146. The molecule has 18 heavy (non-hydrogen) atoms. The summed E-state index contributed by atoms with van der Waals surface area (Å²) in [5, 5.41) is 3.27. The fourth-order valence-corrected chi connectivity index (χ4v) is 2.02. The molecule has 4 nitrogen and oxygen atoms in total. The third-order valence-electron chi connectivity index (χ3n) is 2.53. The summed E-state index contributed by atoms with van der Waals surface area (Å²) in [5.74, 6) is -0.146. The first-order valence-electron chi connectivity index (χ1n) is 5.99. The molecule has 0 aromatic heterocycles. The molecule has 0 aliphatic rings. The number of hydrogen-bond donors (Lipinski definition) is 2. The number of aryl methyl sites for hydroxylation is 1. The molecule has 3 N–H and O–H groups in total. The van der Waals surface area contributed by atoms with E-state index in [0.29, 0.717) is 13.0 Å². The second-order valence-corrected chi connectivity index (χ2v) is 4.88. The fourth-order valence-electron chi connectivity index (χ4n) is 1.52. The number of carbonyl (C=O) groups excluding carboxylic acids is 1. The Morgan fingerprint density at radius 1 is 1.50 bits per heavy atom. The maximum atomic E-state index is 11.1. The Morgan fingerprint density at radius 2 is 2.22 bits per heavy atom. The zero-order valence-corrected chi connectivity index (χ0v) is 12.3. The lowest BCUT2D eigenvalue weighted by atomic mass is 10.2. The van der Waals surface area contributed by atoms with Crippen LogP contribution >= 0.6 is 15.9 Å². The third kappa shape index (κ3) is 4.56. The van der Waals surface area contributed by atoms with Gasteiger partial charge >= 0.3 is 5.97 Å². The summed E-state index contributed by atoms with van der Waals surface area (Å²) >= 11 is 3.45. The lowest BCUT2D eigenvalue weighted by Gasteiger charge is -2.11. The standard InChI is InChI=1S/C13H19BrN2O2/c1-3-18-13(17)5-4-6-16-12-7-9(2)11(15)8-10(12)14/h7-8,16H,3-6,15H2,1-2H3. The molecule has 0 atom stereocenters. The van der Waals surface area contributed by atoms with Gasteiger partial charge in [0.05, 0.1) is 6.61 Å². The van der Waals surface area contributed by atoms with Gasteiger partial charge in [-0.3, -0.25) is 4.79 Å². The van der Waals surface area contributed by atoms with Gasteiger partial charge in [-0.25, -0.2) is 0 Å². The van der Waals surface area contributed by atoms with Crippen LogP contribution in [0, 0.1) is 6.92 Å². The number of anilines is 2.